The molecule has 0 bridgehead atoms. The molecule has 2 aromatic rings. The molecule has 0 amide bonds. The second-order valence-corrected chi connectivity index (χ2v) is 6.48. The highest BCUT2D eigenvalue weighted by atomic mass is 16.5. The lowest BCUT2D eigenvalue weighted by molar-refractivity contribution is 0.0982. The van der Waals surface area contributed by atoms with Crippen molar-refractivity contribution in [1.82, 2.24) is 24.6 Å². The second-order valence-electron chi connectivity index (χ2n) is 6.48. The van der Waals surface area contributed by atoms with Crippen LogP contribution in [0.4, 0.5) is 0 Å². The minimum atomic E-state index is 0.0525. The summed E-state index contributed by atoms with van der Waals surface area (Å²) in [4.78, 5) is 4.26. The van der Waals surface area contributed by atoms with Crippen molar-refractivity contribution in [2.75, 3.05) is 20.3 Å². The molecule has 1 fully saturated rings. The summed E-state index contributed by atoms with van der Waals surface area (Å²) in [6, 6.07) is 0.708. The van der Waals surface area contributed by atoms with Gasteiger partial charge in [0.1, 0.15) is 6.10 Å². The van der Waals surface area contributed by atoms with Crippen LogP contribution in [-0.2, 0) is 22.6 Å². The normalized spacial score (nSPS) is 21.0. The van der Waals surface area contributed by atoms with Gasteiger partial charge in [-0.3, -0.25) is 4.68 Å². The van der Waals surface area contributed by atoms with Crippen LogP contribution in [0.3, 0.4) is 0 Å². The maximum absolute atomic E-state index is 5.95. The predicted molar refractivity (Wildman–Crippen MR) is 90.7 cm³/mol. The van der Waals surface area contributed by atoms with Crippen LogP contribution in [0.15, 0.2) is 24.9 Å². The Hall–Kier alpha value is -1.70. The Kier molecular flexibility index (Phi) is 5.65. The van der Waals surface area contributed by atoms with E-state index < -0.39 is 0 Å². The molecular weight excluding hydrogens is 306 g/mol. The van der Waals surface area contributed by atoms with Crippen molar-refractivity contribution >= 4 is 0 Å². The van der Waals surface area contributed by atoms with Crippen LogP contribution in [0.2, 0.25) is 0 Å². The Bertz CT molecular complexity index is 636. The summed E-state index contributed by atoms with van der Waals surface area (Å²) in [5.74, 6) is 0. The Labute approximate surface area is 143 Å². The van der Waals surface area contributed by atoms with E-state index >= 15 is 0 Å². The average Bonchev–Trinajstić information content (AvgIpc) is 3.29. The van der Waals surface area contributed by atoms with Crippen molar-refractivity contribution in [3.63, 3.8) is 0 Å². The smallest absolute Gasteiger partial charge is 0.101 e. The molecule has 0 radical (unpaired) electrons. The minimum absolute atomic E-state index is 0.0525. The summed E-state index contributed by atoms with van der Waals surface area (Å²) in [6.45, 7) is 7.32. The number of rotatable bonds is 8. The molecule has 0 aromatic carbocycles. The van der Waals surface area contributed by atoms with Gasteiger partial charge in [0.15, 0.2) is 0 Å². The van der Waals surface area contributed by atoms with E-state index in [1.54, 1.807) is 7.11 Å². The van der Waals surface area contributed by atoms with E-state index in [1.807, 2.05) is 23.4 Å². The third kappa shape index (κ3) is 3.85. The summed E-state index contributed by atoms with van der Waals surface area (Å²) >= 11 is 0. The van der Waals surface area contributed by atoms with Gasteiger partial charge in [0.2, 0.25) is 0 Å². The molecule has 0 aliphatic carbocycles. The summed E-state index contributed by atoms with van der Waals surface area (Å²) in [5, 5.41) is 8.03. The van der Waals surface area contributed by atoms with Crippen LogP contribution in [0.5, 0.6) is 0 Å². The molecule has 7 heteroatoms. The van der Waals surface area contributed by atoms with Gasteiger partial charge in [0.25, 0.3) is 0 Å². The summed E-state index contributed by atoms with van der Waals surface area (Å²) in [7, 11) is 1.70. The summed E-state index contributed by atoms with van der Waals surface area (Å²) in [6.07, 6.45) is 8.84. The average molecular weight is 333 g/mol. The molecule has 1 aliphatic rings. The summed E-state index contributed by atoms with van der Waals surface area (Å²) in [5.41, 5.74) is 2.32. The topological polar surface area (TPSA) is 66.1 Å². The molecule has 1 saturated heterocycles. The third-order valence-corrected chi connectivity index (χ3v) is 4.45. The maximum Gasteiger partial charge on any atom is 0.101 e. The molecule has 2 aromatic heterocycles. The lowest BCUT2D eigenvalue weighted by Crippen LogP contribution is -2.32. The van der Waals surface area contributed by atoms with Crippen molar-refractivity contribution in [2.24, 2.45) is 0 Å². The van der Waals surface area contributed by atoms with E-state index in [0.717, 1.165) is 31.7 Å². The Morgan fingerprint density at radius 2 is 2.29 bits per heavy atom. The number of methoxy groups -OCH3 is 1. The van der Waals surface area contributed by atoms with Crippen LogP contribution in [-0.4, -0.2) is 45.7 Å². The Morgan fingerprint density at radius 3 is 3.08 bits per heavy atom. The number of imidazole rings is 1. The standard InChI is InChI=1S/C17H27N5O2/c1-13(2)22-12-18-9-15(22)10-19-16-4-6-24-17(16)14-8-20-21(11-14)5-7-23-3/h8-9,11-13,16-17,19H,4-7,10H2,1-3H3/t16-,17+/m0/s1. The van der Waals surface area contributed by atoms with Gasteiger partial charge in [0.05, 0.1) is 31.4 Å². The zero-order valence-corrected chi connectivity index (χ0v) is 14.7. The first-order valence-electron chi connectivity index (χ1n) is 8.56. The molecule has 132 valence electrons. The van der Waals surface area contributed by atoms with Gasteiger partial charge in [-0.15, -0.1) is 0 Å². The van der Waals surface area contributed by atoms with Crippen LogP contribution >= 0.6 is 0 Å². The molecule has 7 nitrogen and oxygen atoms in total. The SMILES string of the molecule is COCCn1cc([C@H]2OCC[C@@H]2NCc2cncn2C(C)C)cn1. The molecule has 2 atom stereocenters. The highest BCUT2D eigenvalue weighted by Gasteiger charge is 2.30. The van der Waals surface area contributed by atoms with Gasteiger partial charge in [0, 0.05) is 50.3 Å². The van der Waals surface area contributed by atoms with Gasteiger partial charge in [-0.05, 0) is 20.3 Å². The van der Waals surface area contributed by atoms with Gasteiger partial charge >= 0.3 is 0 Å². The largest absolute Gasteiger partial charge is 0.383 e. The zero-order chi connectivity index (χ0) is 16.9. The lowest BCUT2D eigenvalue weighted by atomic mass is 10.1. The molecule has 3 heterocycles. The molecular formula is C17H27N5O2. The molecule has 1 N–H and O–H groups in total. The predicted octanol–water partition coefficient (Wildman–Crippen LogP) is 1.93. The molecule has 1 aliphatic heterocycles. The van der Waals surface area contributed by atoms with E-state index in [4.69, 9.17) is 9.47 Å². The fourth-order valence-electron chi connectivity index (χ4n) is 3.13. The van der Waals surface area contributed by atoms with Gasteiger partial charge < -0.3 is 19.4 Å². The minimum Gasteiger partial charge on any atom is -0.383 e. The number of hydrogen-bond donors (Lipinski definition) is 1. The van der Waals surface area contributed by atoms with E-state index in [-0.39, 0.29) is 6.10 Å². The highest BCUT2D eigenvalue weighted by Crippen LogP contribution is 2.29. The van der Waals surface area contributed by atoms with E-state index in [1.165, 1.54) is 5.69 Å². The van der Waals surface area contributed by atoms with Crippen LogP contribution < -0.4 is 5.32 Å². The Balaban J connectivity index is 1.61. The molecule has 0 unspecified atom stereocenters. The number of nitrogens with zero attached hydrogens (tertiary/aromatic N) is 4. The van der Waals surface area contributed by atoms with Crippen LogP contribution in [0, 0.1) is 0 Å². The first-order valence-corrected chi connectivity index (χ1v) is 8.56. The maximum atomic E-state index is 5.95. The van der Waals surface area contributed by atoms with Gasteiger partial charge in [-0.1, -0.05) is 0 Å². The number of nitrogens with one attached hydrogen (secondary N) is 1. The van der Waals surface area contributed by atoms with E-state index in [2.05, 4.69) is 40.0 Å². The van der Waals surface area contributed by atoms with Crippen LogP contribution in [0.25, 0.3) is 0 Å². The molecule has 0 saturated carbocycles. The molecule has 3 rings (SSSR count). The first-order chi connectivity index (χ1) is 11.7. The first kappa shape index (κ1) is 17.1. The third-order valence-electron chi connectivity index (χ3n) is 4.45. The van der Waals surface area contributed by atoms with Crippen molar-refractivity contribution in [2.45, 2.75) is 51.5 Å². The van der Waals surface area contributed by atoms with Crippen molar-refractivity contribution in [3.8, 4) is 0 Å². The molecule has 24 heavy (non-hydrogen) atoms. The van der Waals surface area contributed by atoms with Crippen molar-refractivity contribution in [1.29, 1.82) is 0 Å². The van der Waals surface area contributed by atoms with Gasteiger partial charge in [-0.2, -0.15) is 5.10 Å². The quantitative estimate of drug-likeness (QED) is 0.799. The second kappa shape index (κ2) is 7.92. The fraction of sp³-hybridized carbons (Fsp3) is 0.647. The molecule has 0 spiro atoms. The summed E-state index contributed by atoms with van der Waals surface area (Å²) < 4.78 is 15.2. The number of aromatic nitrogens is 4. The monoisotopic (exact) mass is 333 g/mol. The van der Waals surface area contributed by atoms with E-state index in [9.17, 15) is 0 Å². The zero-order valence-electron chi connectivity index (χ0n) is 14.7. The van der Waals surface area contributed by atoms with Crippen molar-refractivity contribution < 1.29 is 9.47 Å². The number of ether oxygens (including phenoxy) is 2. The van der Waals surface area contributed by atoms with Crippen molar-refractivity contribution in [3.05, 3.63) is 36.2 Å². The van der Waals surface area contributed by atoms with Gasteiger partial charge in [-0.25, -0.2) is 4.98 Å². The number of hydrogen-bond acceptors (Lipinski definition) is 5. The highest BCUT2D eigenvalue weighted by molar-refractivity contribution is 5.13. The lowest BCUT2D eigenvalue weighted by Gasteiger charge is -2.20. The fourth-order valence-corrected chi connectivity index (χ4v) is 3.13. The van der Waals surface area contributed by atoms with Crippen LogP contribution in [0.1, 0.15) is 43.7 Å². The Morgan fingerprint density at radius 1 is 1.42 bits per heavy atom. The van der Waals surface area contributed by atoms with E-state index in [0.29, 0.717) is 18.7 Å².